The molecule has 1 aliphatic rings. The standard InChI is InChI=1S/C12H20N2O/c1-9-5-12(13)7-14(6-9)10(2)11-3-4-15-8-11/h3-4,8-10,12H,5-7,13H2,1-2H3. The lowest BCUT2D eigenvalue weighted by molar-refractivity contribution is 0.123. The van der Waals surface area contributed by atoms with Crippen LogP contribution in [0.4, 0.5) is 0 Å². The lowest BCUT2D eigenvalue weighted by Crippen LogP contribution is -2.47. The summed E-state index contributed by atoms with van der Waals surface area (Å²) in [4.78, 5) is 2.45. The van der Waals surface area contributed by atoms with Gasteiger partial charge in [-0.2, -0.15) is 0 Å². The molecule has 0 aliphatic carbocycles. The van der Waals surface area contributed by atoms with Crippen molar-refractivity contribution in [2.75, 3.05) is 13.1 Å². The molecule has 0 bridgehead atoms. The van der Waals surface area contributed by atoms with Gasteiger partial charge in [0.2, 0.25) is 0 Å². The molecule has 2 rings (SSSR count). The van der Waals surface area contributed by atoms with Gasteiger partial charge in [-0.3, -0.25) is 4.90 Å². The zero-order valence-corrected chi connectivity index (χ0v) is 9.52. The average molecular weight is 208 g/mol. The largest absolute Gasteiger partial charge is 0.472 e. The molecule has 2 N–H and O–H groups in total. The van der Waals surface area contributed by atoms with Crippen molar-refractivity contribution in [3.8, 4) is 0 Å². The molecule has 3 atom stereocenters. The number of rotatable bonds is 2. The number of nitrogens with zero attached hydrogens (tertiary/aromatic N) is 1. The van der Waals surface area contributed by atoms with Gasteiger partial charge in [-0.25, -0.2) is 0 Å². The Morgan fingerprint density at radius 2 is 2.33 bits per heavy atom. The van der Waals surface area contributed by atoms with Crippen LogP contribution >= 0.6 is 0 Å². The zero-order valence-electron chi connectivity index (χ0n) is 9.52. The quantitative estimate of drug-likeness (QED) is 0.808. The first kappa shape index (κ1) is 10.7. The van der Waals surface area contributed by atoms with Gasteiger partial charge in [0, 0.05) is 30.7 Å². The molecule has 1 saturated heterocycles. The molecule has 15 heavy (non-hydrogen) atoms. The fourth-order valence-corrected chi connectivity index (χ4v) is 2.48. The minimum absolute atomic E-state index is 0.322. The van der Waals surface area contributed by atoms with Crippen molar-refractivity contribution in [3.05, 3.63) is 24.2 Å². The Morgan fingerprint density at radius 1 is 1.53 bits per heavy atom. The molecule has 0 amide bonds. The first-order valence-corrected chi connectivity index (χ1v) is 5.68. The van der Waals surface area contributed by atoms with E-state index in [4.69, 9.17) is 10.2 Å². The van der Waals surface area contributed by atoms with Gasteiger partial charge in [-0.05, 0) is 25.3 Å². The molecule has 0 aromatic carbocycles. The lowest BCUT2D eigenvalue weighted by atomic mass is 9.94. The van der Waals surface area contributed by atoms with Crippen molar-refractivity contribution in [1.82, 2.24) is 4.90 Å². The fraction of sp³-hybridized carbons (Fsp3) is 0.667. The number of nitrogens with two attached hydrogens (primary N) is 1. The normalized spacial score (nSPS) is 30.3. The van der Waals surface area contributed by atoms with E-state index in [1.165, 1.54) is 5.56 Å². The second-order valence-corrected chi connectivity index (χ2v) is 4.79. The molecule has 1 aromatic heterocycles. The first-order chi connectivity index (χ1) is 7.16. The molecule has 2 heterocycles. The Balaban J connectivity index is 2.03. The second kappa shape index (κ2) is 4.37. The van der Waals surface area contributed by atoms with Crippen LogP contribution in [-0.2, 0) is 0 Å². The Labute approximate surface area is 91.2 Å². The van der Waals surface area contributed by atoms with Crippen LogP contribution < -0.4 is 5.73 Å². The van der Waals surface area contributed by atoms with Gasteiger partial charge in [0.05, 0.1) is 12.5 Å². The predicted molar refractivity (Wildman–Crippen MR) is 60.5 cm³/mol. The maximum absolute atomic E-state index is 6.04. The first-order valence-electron chi connectivity index (χ1n) is 5.68. The molecule has 1 fully saturated rings. The van der Waals surface area contributed by atoms with E-state index < -0.39 is 0 Å². The lowest BCUT2D eigenvalue weighted by Gasteiger charge is -2.38. The molecule has 3 unspecified atom stereocenters. The van der Waals surface area contributed by atoms with Crippen molar-refractivity contribution < 1.29 is 4.42 Å². The molecular weight excluding hydrogens is 188 g/mol. The van der Waals surface area contributed by atoms with Crippen molar-refractivity contribution in [3.63, 3.8) is 0 Å². The molecule has 0 saturated carbocycles. The second-order valence-electron chi connectivity index (χ2n) is 4.79. The monoisotopic (exact) mass is 208 g/mol. The van der Waals surface area contributed by atoms with Gasteiger partial charge in [0.1, 0.15) is 0 Å². The van der Waals surface area contributed by atoms with Crippen molar-refractivity contribution in [2.45, 2.75) is 32.4 Å². The van der Waals surface area contributed by atoms with Gasteiger partial charge in [-0.15, -0.1) is 0 Å². The highest BCUT2D eigenvalue weighted by Gasteiger charge is 2.26. The predicted octanol–water partition coefficient (Wildman–Crippen LogP) is 2.01. The summed E-state index contributed by atoms with van der Waals surface area (Å²) in [6.07, 6.45) is 4.71. The Kier molecular flexibility index (Phi) is 3.12. The SMILES string of the molecule is CC1CC(N)CN(C(C)c2ccoc2)C1. The van der Waals surface area contributed by atoms with Gasteiger partial charge in [0.25, 0.3) is 0 Å². The summed E-state index contributed by atoms with van der Waals surface area (Å²) >= 11 is 0. The number of hydrogen-bond donors (Lipinski definition) is 1. The summed E-state index contributed by atoms with van der Waals surface area (Å²) < 4.78 is 5.12. The molecular formula is C12H20N2O. The van der Waals surface area contributed by atoms with Gasteiger partial charge in [0.15, 0.2) is 0 Å². The van der Waals surface area contributed by atoms with Crippen molar-refractivity contribution >= 4 is 0 Å². The van der Waals surface area contributed by atoms with E-state index in [0.29, 0.717) is 18.0 Å². The van der Waals surface area contributed by atoms with Crippen LogP contribution in [0, 0.1) is 5.92 Å². The van der Waals surface area contributed by atoms with E-state index >= 15 is 0 Å². The summed E-state index contributed by atoms with van der Waals surface area (Å²) in [5.41, 5.74) is 7.29. The van der Waals surface area contributed by atoms with Crippen LogP contribution in [0.5, 0.6) is 0 Å². The Hall–Kier alpha value is -0.800. The molecule has 0 radical (unpaired) electrons. The van der Waals surface area contributed by atoms with Crippen LogP contribution in [0.25, 0.3) is 0 Å². The van der Waals surface area contributed by atoms with E-state index in [0.717, 1.165) is 19.5 Å². The van der Waals surface area contributed by atoms with Crippen molar-refractivity contribution in [1.29, 1.82) is 0 Å². The highest BCUT2D eigenvalue weighted by molar-refractivity contribution is 5.11. The van der Waals surface area contributed by atoms with Gasteiger partial charge < -0.3 is 10.2 Å². The fourth-order valence-electron chi connectivity index (χ4n) is 2.48. The van der Waals surface area contributed by atoms with E-state index in [2.05, 4.69) is 18.7 Å². The molecule has 1 aromatic rings. The number of hydrogen-bond acceptors (Lipinski definition) is 3. The summed E-state index contributed by atoms with van der Waals surface area (Å²) in [7, 11) is 0. The third-order valence-electron chi connectivity index (χ3n) is 3.29. The smallest absolute Gasteiger partial charge is 0.0950 e. The molecule has 0 spiro atoms. The third-order valence-corrected chi connectivity index (χ3v) is 3.29. The summed E-state index contributed by atoms with van der Waals surface area (Å²) in [6, 6.07) is 2.77. The summed E-state index contributed by atoms with van der Waals surface area (Å²) in [5.74, 6) is 0.697. The maximum Gasteiger partial charge on any atom is 0.0950 e. The molecule has 3 heteroatoms. The molecule has 84 valence electrons. The zero-order chi connectivity index (χ0) is 10.8. The Bertz CT molecular complexity index is 287. The Morgan fingerprint density at radius 3 is 2.93 bits per heavy atom. The minimum Gasteiger partial charge on any atom is -0.472 e. The molecule has 1 aliphatic heterocycles. The van der Waals surface area contributed by atoms with Crippen molar-refractivity contribution in [2.24, 2.45) is 11.7 Å². The van der Waals surface area contributed by atoms with Crippen LogP contribution in [0.3, 0.4) is 0 Å². The van der Waals surface area contributed by atoms with E-state index in [1.54, 1.807) is 6.26 Å². The highest BCUT2D eigenvalue weighted by atomic mass is 16.3. The average Bonchev–Trinajstić information content (AvgIpc) is 2.67. The van der Waals surface area contributed by atoms with Crippen LogP contribution in [-0.4, -0.2) is 24.0 Å². The minimum atomic E-state index is 0.322. The summed E-state index contributed by atoms with van der Waals surface area (Å²) in [6.45, 7) is 6.63. The van der Waals surface area contributed by atoms with Crippen LogP contribution in [0.15, 0.2) is 23.0 Å². The van der Waals surface area contributed by atoms with Gasteiger partial charge in [-0.1, -0.05) is 6.92 Å². The number of likely N-dealkylation sites (tertiary alicyclic amines) is 1. The number of furan rings is 1. The van der Waals surface area contributed by atoms with Gasteiger partial charge >= 0.3 is 0 Å². The topological polar surface area (TPSA) is 42.4 Å². The summed E-state index contributed by atoms with van der Waals surface area (Å²) in [5, 5.41) is 0. The highest BCUT2D eigenvalue weighted by Crippen LogP contribution is 2.26. The maximum atomic E-state index is 6.04. The van der Waals surface area contributed by atoms with Crippen LogP contribution in [0.1, 0.15) is 31.9 Å². The third kappa shape index (κ3) is 2.41. The van der Waals surface area contributed by atoms with E-state index in [-0.39, 0.29) is 0 Å². The van der Waals surface area contributed by atoms with E-state index in [9.17, 15) is 0 Å². The van der Waals surface area contributed by atoms with Crippen LogP contribution in [0.2, 0.25) is 0 Å². The number of piperidine rings is 1. The molecule has 3 nitrogen and oxygen atoms in total. The van der Waals surface area contributed by atoms with E-state index in [1.807, 2.05) is 12.3 Å².